The van der Waals surface area contributed by atoms with Crippen LogP contribution in [0.1, 0.15) is 19.8 Å². The SMILES string of the molecule is C=CC1CC(C)C2OC2C1. The van der Waals surface area contributed by atoms with Gasteiger partial charge in [0, 0.05) is 0 Å². The second-order valence-corrected chi connectivity index (χ2v) is 3.58. The molecule has 10 heavy (non-hydrogen) atoms. The van der Waals surface area contributed by atoms with Crippen molar-refractivity contribution in [3.05, 3.63) is 12.7 Å². The summed E-state index contributed by atoms with van der Waals surface area (Å²) >= 11 is 0. The number of rotatable bonds is 1. The highest BCUT2D eigenvalue weighted by Crippen LogP contribution is 2.43. The first-order chi connectivity index (χ1) is 4.81. The Bertz CT molecular complexity index is 153. The molecule has 1 heterocycles. The molecule has 0 amide bonds. The maximum Gasteiger partial charge on any atom is 0.0867 e. The van der Waals surface area contributed by atoms with Crippen molar-refractivity contribution >= 4 is 0 Å². The molecular weight excluding hydrogens is 124 g/mol. The molecule has 0 aromatic rings. The van der Waals surface area contributed by atoms with E-state index in [1.54, 1.807) is 0 Å². The van der Waals surface area contributed by atoms with Crippen molar-refractivity contribution < 1.29 is 4.74 Å². The Morgan fingerprint density at radius 3 is 2.90 bits per heavy atom. The van der Waals surface area contributed by atoms with Gasteiger partial charge >= 0.3 is 0 Å². The predicted molar refractivity (Wildman–Crippen MR) is 40.7 cm³/mol. The van der Waals surface area contributed by atoms with Crippen molar-refractivity contribution in [2.75, 3.05) is 0 Å². The van der Waals surface area contributed by atoms with E-state index in [4.69, 9.17) is 4.74 Å². The zero-order chi connectivity index (χ0) is 7.14. The standard InChI is InChI=1S/C9H14O/c1-3-7-4-6(2)9-8(5-7)10-9/h3,6-9H,1,4-5H2,2H3. The summed E-state index contributed by atoms with van der Waals surface area (Å²) < 4.78 is 5.47. The monoisotopic (exact) mass is 138 g/mol. The van der Waals surface area contributed by atoms with Crippen molar-refractivity contribution in [1.29, 1.82) is 0 Å². The third kappa shape index (κ3) is 0.891. The van der Waals surface area contributed by atoms with Crippen LogP contribution in [0.3, 0.4) is 0 Å². The van der Waals surface area contributed by atoms with Crippen LogP contribution in [0.2, 0.25) is 0 Å². The second-order valence-electron chi connectivity index (χ2n) is 3.58. The average molecular weight is 138 g/mol. The van der Waals surface area contributed by atoms with E-state index in [1.165, 1.54) is 12.8 Å². The Morgan fingerprint density at radius 1 is 1.50 bits per heavy atom. The number of fused-ring (bicyclic) bond motifs is 1. The van der Waals surface area contributed by atoms with Crippen LogP contribution in [0.4, 0.5) is 0 Å². The van der Waals surface area contributed by atoms with Gasteiger partial charge in [0.1, 0.15) is 0 Å². The average Bonchev–Trinajstić information content (AvgIpc) is 2.66. The molecule has 1 saturated heterocycles. The molecule has 0 N–H and O–H groups in total. The number of epoxide rings is 1. The Morgan fingerprint density at radius 2 is 2.30 bits per heavy atom. The van der Waals surface area contributed by atoms with Gasteiger partial charge < -0.3 is 4.74 Å². The van der Waals surface area contributed by atoms with E-state index in [0.29, 0.717) is 12.2 Å². The van der Waals surface area contributed by atoms with Crippen molar-refractivity contribution in [1.82, 2.24) is 0 Å². The molecule has 56 valence electrons. The molecule has 0 aromatic carbocycles. The van der Waals surface area contributed by atoms with Gasteiger partial charge in [-0.15, -0.1) is 6.58 Å². The zero-order valence-corrected chi connectivity index (χ0v) is 6.42. The summed E-state index contributed by atoms with van der Waals surface area (Å²) in [4.78, 5) is 0. The van der Waals surface area contributed by atoms with E-state index in [1.807, 2.05) is 0 Å². The van der Waals surface area contributed by atoms with Crippen LogP contribution in [0.25, 0.3) is 0 Å². The van der Waals surface area contributed by atoms with Gasteiger partial charge in [0.2, 0.25) is 0 Å². The molecule has 0 aromatic heterocycles. The summed E-state index contributed by atoms with van der Waals surface area (Å²) in [5, 5.41) is 0. The summed E-state index contributed by atoms with van der Waals surface area (Å²) in [7, 11) is 0. The number of hydrogen-bond donors (Lipinski definition) is 0. The van der Waals surface area contributed by atoms with Crippen LogP contribution in [-0.2, 0) is 4.74 Å². The smallest absolute Gasteiger partial charge is 0.0867 e. The van der Waals surface area contributed by atoms with Gasteiger partial charge in [0.25, 0.3) is 0 Å². The number of ether oxygens (including phenoxy) is 1. The molecule has 4 atom stereocenters. The summed E-state index contributed by atoms with van der Waals surface area (Å²) in [6.07, 6.45) is 5.78. The van der Waals surface area contributed by atoms with E-state index in [9.17, 15) is 0 Å². The fraction of sp³-hybridized carbons (Fsp3) is 0.778. The Balaban J connectivity index is 1.99. The lowest BCUT2D eigenvalue weighted by molar-refractivity contribution is 0.330. The highest BCUT2D eigenvalue weighted by Gasteiger charge is 2.47. The maximum atomic E-state index is 5.47. The van der Waals surface area contributed by atoms with E-state index in [0.717, 1.165) is 11.8 Å². The van der Waals surface area contributed by atoms with Crippen LogP contribution >= 0.6 is 0 Å². The number of hydrogen-bond acceptors (Lipinski definition) is 1. The second kappa shape index (κ2) is 2.09. The molecule has 1 aliphatic carbocycles. The predicted octanol–water partition coefficient (Wildman–Crippen LogP) is 1.99. The van der Waals surface area contributed by atoms with Crippen LogP contribution in [0.15, 0.2) is 12.7 Å². The van der Waals surface area contributed by atoms with Crippen molar-refractivity contribution in [2.24, 2.45) is 11.8 Å². The molecule has 2 fully saturated rings. The van der Waals surface area contributed by atoms with Gasteiger partial charge in [0.15, 0.2) is 0 Å². The Labute approximate surface area is 62.1 Å². The lowest BCUT2D eigenvalue weighted by Gasteiger charge is -2.19. The van der Waals surface area contributed by atoms with Crippen molar-refractivity contribution in [3.8, 4) is 0 Å². The first-order valence-electron chi connectivity index (χ1n) is 4.09. The molecule has 4 unspecified atom stereocenters. The van der Waals surface area contributed by atoms with Crippen LogP contribution in [0.5, 0.6) is 0 Å². The minimum absolute atomic E-state index is 0.590. The summed E-state index contributed by atoms with van der Waals surface area (Å²) in [6.45, 7) is 6.09. The molecule has 1 nitrogen and oxygen atoms in total. The third-order valence-electron chi connectivity index (χ3n) is 2.73. The van der Waals surface area contributed by atoms with Crippen molar-refractivity contribution in [3.63, 3.8) is 0 Å². The molecule has 1 saturated carbocycles. The highest BCUT2D eigenvalue weighted by molar-refractivity contribution is 4.99. The Kier molecular flexibility index (Phi) is 1.34. The summed E-state index contributed by atoms with van der Waals surface area (Å²) in [5.74, 6) is 1.49. The topological polar surface area (TPSA) is 12.5 Å². The fourth-order valence-corrected chi connectivity index (χ4v) is 2.05. The van der Waals surface area contributed by atoms with Crippen LogP contribution < -0.4 is 0 Å². The van der Waals surface area contributed by atoms with E-state index >= 15 is 0 Å². The molecular formula is C9H14O. The van der Waals surface area contributed by atoms with Crippen LogP contribution in [-0.4, -0.2) is 12.2 Å². The van der Waals surface area contributed by atoms with Gasteiger partial charge in [-0.1, -0.05) is 13.0 Å². The molecule has 1 heteroatoms. The third-order valence-corrected chi connectivity index (χ3v) is 2.73. The summed E-state index contributed by atoms with van der Waals surface area (Å²) in [6, 6.07) is 0. The molecule has 1 aliphatic heterocycles. The van der Waals surface area contributed by atoms with E-state index in [-0.39, 0.29) is 0 Å². The first-order valence-corrected chi connectivity index (χ1v) is 4.09. The molecule has 2 aliphatic rings. The molecule has 0 radical (unpaired) electrons. The quantitative estimate of drug-likeness (QED) is 0.399. The largest absolute Gasteiger partial charge is 0.369 e. The lowest BCUT2D eigenvalue weighted by atomic mass is 9.83. The van der Waals surface area contributed by atoms with Gasteiger partial charge in [-0.25, -0.2) is 0 Å². The zero-order valence-electron chi connectivity index (χ0n) is 6.42. The number of allylic oxidation sites excluding steroid dienone is 1. The first kappa shape index (κ1) is 6.41. The van der Waals surface area contributed by atoms with Crippen LogP contribution in [0, 0.1) is 11.8 Å². The van der Waals surface area contributed by atoms with Gasteiger partial charge in [-0.3, -0.25) is 0 Å². The molecule has 2 rings (SSSR count). The fourth-order valence-electron chi connectivity index (χ4n) is 2.05. The van der Waals surface area contributed by atoms with Gasteiger partial charge in [-0.05, 0) is 24.7 Å². The minimum atomic E-state index is 0.590. The normalized spacial score (nSPS) is 51.7. The van der Waals surface area contributed by atoms with E-state index in [2.05, 4.69) is 19.6 Å². The minimum Gasteiger partial charge on any atom is -0.369 e. The maximum absolute atomic E-state index is 5.47. The Hall–Kier alpha value is -0.300. The van der Waals surface area contributed by atoms with Gasteiger partial charge in [-0.2, -0.15) is 0 Å². The molecule has 0 spiro atoms. The van der Waals surface area contributed by atoms with Gasteiger partial charge in [0.05, 0.1) is 12.2 Å². The summed E-state index contributed by atoms with van der Waals surface area (Å²) in [5.41, 5.74) is 0. The van der Waals surface area contributed by atoms with Crippen molar-refractivity contribution in [2.45, 2.75) is 32.0 Å². The van der Waals surface area contributed by atoms with E-state index < -0.39 is 0 Å². The highest BCUT2D eigenvalue weighted by atomic mass is 16.6. The molecule has 0 bridgehead atoms. The lowest BCUT2D eigenvalue weighted by Crippen LogP contribution is -2.19.